The molecule has 0 spiro atoms. The van der Waals surface area contributed by atoms with Crippen molar-refractivity contribution in [3.8, 4) is 0 Å². The second-order valence-electron chi connectivity index (χ2n) is 7.34. The second-order valence-corrected chi connectivity index (χ2v) is 7.34. The molecule has 0 bridgehead atoms. The topological polar surface area (TPSA) is 58.4 Å². The molecule has 3 rings (SSSR count). The minimum Gasteiger partial charge on any atom is -0.398 e. The molecule has 0 saturated heterocycles. The van der Waals surface area contributed by atoms with Gasteiger partial charge >= 0.3 is 0 Å². The van der Waals surface area contributed by atoms with Crippen molar-refractivity contribution in [2.75, 3.05) is 19.3 Å². The van der Waals surface area contributed by atoms with Crippen LogP contribution < -0.4 is 11.1 Å². The Kier molecular flexibility index (Phi) is 6.07. The van der Waals surface area contributed by atoms with Crippen LogP contribution in [0.1, 0.15) is 23.6 Å². The molecule has 1 aliphatic rings. The number of hydrogen-bond acceptors (Lipinski definition) is 4. The first-order chi connectivity index (χ1) is 12.6. The highest BCUT2D eigenvalue weighted by Crippen LogP contribution is 2.29. The molecule has 2 aromatic carbocycles. The summed E-state index contributed by atoms with van der Waals surface area (Å²) in [6.07, 6.45) is 3.21. The molecule has 0 saturated carbocycles. The monoisotopic (exact) mass is 351 g/mol. The first kappa shape index (κ1) is 18.6. The summed E-state index contributed by atoms with van der Waals surface area (Å²) in [6, 6.07) is 16.8. The van der Waals surface area contributed by atoms with Crippen LogP contribution in [0.15, 0.2) is 48.5 Å². The number of nitrogens with one attached hydrogen (secondary N) is 1. The smallest absolute Gasteiger partial charge is 0.136 e. The Morgan fingerprint density at radius 3 is 2.35 bits per heavy atom. The zero-order valence-electron chi connectivity index (χ0n) is 15.7. The van der Waals surface area contributed by atoms with Gasteiger partial charge in [-0.1, -0.05) is 42.5 Å². The molecule has 1 unspecified atom stereocenters. The number of benzene rings is 2. The van der Waals surface area contributed by atoms with Crippen molar-refractivity contribution in [2.45, 2.75) is 38.4 Å². The van der Waals surface area contributed by atoms with Gasteiger partial charge in [-0.25, -0.2) is 0 Å². The van der Waals surface area contributed by atoms with E-state index in [1.165, 1.54) is 11.1 Å². The number of nitrogens with two attached hydrogens (primary N) is 1. The molecule has 0 amide bonds. The first-order valence-corrected chi connectivity index (χ1v) is 9.39. The summed E-state index contributed by atoms with van der Waals surface area (Å²) < 4.78 is 0. The Labute approximate surface area is 156 Å². The number of nitrogen functional groups attached to an aromatic ring is 1. The highest BCUT2D eigenvalue weighted by Gasteiger charge is 2.30. The Morgan fingerprint density at radius 2 is 1.77 bits per heavy atom. The summed E-state index contributed by atoms with van der Waals surface area (Å²) in [5.41, 5.74) is 10.9. The Balaban J connectivity index is 1.73. The van der Waals surface area contributed by atoms with E-state index in [0.717, 1.165) is 36.9 Å². The number of fused-ring (bicyclic) bond motifs is 1. The summed E-state index contributed by atoms with van der Waals surface area (Å²) in [6.45, 7) is 3.47. The summed E-state index contributed by atoms with van der Waals surface area (Å²) in [4.78, 5) is 13.7. The molecule has 2 aromatic rings. The zero-order valence-corrected chi connectivity index (χ0v) is 15.7. The molecule has 0 aliphatic heterocycles. The Bertz CT molecular complexity index is 721. The van der Waals surface area contributed by atoms with Crippen LogP contribution in [-0.2, 0) is 24.2 Å². The molecular formula is C22H29N3O. The number of aldehydes is 1. The van der Waals surface area contributed by atoms with E-state index in [1.807, 2.05) is 38.2 Å². The molecule has 0 aromatic heterocycles. The zero-order chi connectivity index (χ0) is 18.5. The minimum atomic E-state index is -0.144. The lowest BCUT2D eigenvalue weighted by Crippen LogP contribution is -2.47. The van der Waals surface area contributed by atoms with E-state index in [0.29, 0.717) is 18.5 Å². The quantitative estimate of drug-likeness (QED) is 0.567. The molecule has 0 fully saturated rings. The van der Waals surface area contributed by atoms with Crippen LogP contribution in [-0.4, -0.2) is 36.9 Å². The minimum absolute atomic E-state index is 0.144. The summed E-state index contributed by atoms with van der Waals surface area (Å²) in [5, 5.41) is 3.50. The van der Waals surface area contributed by atoms with E-state index in [9.17, 15) is 4.79 Å². The lowest BCUT2D eigenvalue weighted by molar-refractivity contribution is -0.112. The van der Waals surface area contributed by atoms with Crippen LogP contribution in [0.4, 0.5) is 5.69 Å². The number of carbonyl (C=O) groups is 1. The van der Waals surface area contributed by atoms with E-state index < -0.39 is 0 Å². The number of likely N-dealkylation sites (N-methyl/N-ethyl adjacent to an activating group) is 1. The van der Waals surface area contributed by atoms with Gasteiger partial charge in [0.25, 0.3) is 0 Å². The highest BCUT2D eigenvalue weighted by atomic mass is 16.1. The van der Waals surface area contributed by atoms with E-state index in [4.69, 9.17) is 5.73 Å². The van der Waals surface area contributed by atoms with Crippen LogP contribution in [0.2, 0.25) is 0 Å². The average Bonchev–Trinajstić information content (AvgIpc) is 3.09. The van der Waals surface area contributed by atoms with Crippen LogP contribution in [0.5, 0.6) is 0 Å². The normalized spacial score (nSPS) is 16.4. The molecule has 4 heteroatoms. The van der Waals surface area contributed by atoms with Crippen LogP contribution in [0.25, 0.3) is 0 Å². The number of carbonyl (C=O) groups excluding carboxylic acids is 1. The van der Waals surface area contributed by atoms with Gasteiger partial charge in [0.2, 0.25) is 0 Å². The number of hydrogen-bond donors (Lipinski definition) is 2. The van der Waals surface area contributed by atoms with Crippen molar-refractivity contribution in [3.63, 3.8) is 0 Å². The predicted octanol–water partition coefficient (Wildman–Crippen LogP) is 2.66. The molecule has 138 valence electrons. The van der Waals surface area contributed by atoms with Crippen LogP contribution in [0, 0.1) is 5.92 Å². The summed E-state index contributed by atoms with van der Waals surface area (Å²) in [5.74, 6) is 0.548. The third-order valence-electron chi connectivity index (χ3n) is 5.66. The maximum Gasteiger partial charge on any atom is 0.136 e. The molecular weight excluding hydrogens is 322 g/mol. The number of anilines is 1. The molecule has 4 nitrogen and oxygen atoms in total. The van der Waals surface area contributed by atoms with Crippen LogP contribution in [0.3, 0.4) is 0 Å². The molecule has 1 aliphatic carbocycles. The lowest BCUT2D eigenvalue weighted by atomic mass is 9.95. The van der Waals surface area contributed by atoms with Crippen molar-refractivity contribution in [1.82, 2.24) is 10.2 Å². The van der Waals surface area contributed by atoms with Gasteiger partial charge in [-0.05, 0) is 55.5 Å². The highest BCUT2D eigenvalue weighted by molar-refractivity contribution is 5.57. The average molecular weight is 351 g/mol. The van der Waals surface area contributed by atoms with E-state index in [1.54, 1.807) is 0 Å². The fourth-order valence-corrected chi connectivity index (χ4v) is 3.96. The largest absolute Gasteiger partial charge is 0.398 e. The van der Waals surface area contributed by atoms with E-state index >= 15 is 0 Å². The van der Waals surface area contributed by atoms with Gasteiger partial charge in [0.05, 0.1) is 6.04 Å². The Morgan fingerprint density at radius 1 is 1.15 bits per heavy atom. The molecule has 2 atom stereocenters. The molecule has 0 radical (unpaired) electrons. The number of nitrogens with zero attached hydrogens (tertiary/aromatic N) is 1. The second kappa shape index (κ2) is 8.47. The van der Waals surface area contributed by atoms with Gasteiger partial charge in [0, 0.05) is 24.8 Å². The maximum atomic E-state index is 11.5. The molecule has 26 heavy (non-hydrogen) atoms. The lowest BCUT2D eigenvalue weighted by Gasteiger charge is -2.33. The predicted molar refractivity (Wildman–Crippen MR) is 107 cm³/mol. The first-order valence-electron chi connectivity index (χ1n) is 9.39. The number of rotatable bonds is 8. The van der Waals surface area contributed by atoms with Crippen molar-refractivity contribution in [3.05, 3.63) is 65.2 Å². The van der Waals surface area contributed by atoms with Gasteiger partial charge in [-0.15, -0.1) is 0 Å². The third-order valence-corrected chi connectivity index (χ3v) is 5.66. The summed E-state index contributed by atoms with van der Waals surface area (Å²) in [7, 11) is 2.02. The summed E-state index contributed by atoms with van der Waals surface area (Å²) >= 11 is 0. The fraction of sp³-hybridized carbons (Fsp3) is 0.409. The van der Waals surface area contributed by atoms with Gasteiger partial charge in [0.15, 0.2) is 0 Å². The molecule has 3 N–H and O–H groups in total. The van der Waals surface area contributed by atoms with Gasteiger partial charge in [-0.3, -0.25) is 4.90 Å². The van der Waals surface area contributed by atoms with Crippen molar-refractivity contribution in [1.29, 1.82) is 0 Å². The molecule has 0 heterocycles. The van der Waals surface area contributed by atoms with Crippen molar-refractivity contribution >= 4 is 12.0 Å². The third kappa shape index (κ3) is 4.14. The van der Waals surface area contributed by atoms with Gasteiger partial charge < -0.3 is 15.8 Å². The van der Waals surface area contributed by atoms with Crippen LogP contribution >= 0.6 is 0 Å². The van der Waals surface area contributed by atoms with E-state index in [-0.39, 0.29) is 6.04 Å². The standard InChI is InChI=1S/C22H29N3O/c1-16(15-26)25(13-19-9-5-6-10-21(19)23)14-22(24-2)20-11-17-7-3-4-8-18(17)12-20/h3-10,15-16,20,22,24H,11-14,23H2,1-2H3/t16-,22?/m1/s1. The van der Waals surface area contributed by atoms with E-state index in [2.05, 4.69) is 34.5 Å². The fourth-order valence-electron chi connectivity index (χ4n) is 3.96. The maximum absolute atomic E-state index is 11.5. The SMILES string of the molecule is CNC(CN(Cc1ccccc1N)[C@H](C)C=O)C1Cc2ccccc2C1. The number of para-hydroxylation sites is 1. The van der Waals surface area contributed by atoms with Crippen molar-refractivity contribution < 1.29 is 4.79 Å². The Hall–Kier alpha value is -2.17. The van der Waals surface area contributed by atoms with Gasteiger partial charge in [0.1, 0.15) is 6.29 Å². The van der Waals surface area contributed by atoms with Gasteiger partial charge in [-0.2, -0.15) is 0 Å². The van der Waals surface area contributed by atoms with Crippen molar-refractivity contribution in [2.24, 2.45) is 5.92 Å².